The molecular weight excluding hydrogens is 414 g/mol. The molecule has 31 heavy (non-hydrogen) atoms. The molecule has 0 unspecified atom stereocenters. The van der Waals surface area contributed by atoms with Gasteiger partial charge < -0.3 is 15.8 Å². The quantitative estimate of drug-likeness (QED) is 0.726. The Labute approximate surface area is 175 Å². The molecule has 160 valence electrons. The SMILES string of the molecule is N#Cc1ccc(/C(F)=C/c2ccc(F)c([C@]34CO[C@H](C(F)F)[C@H]3CN=C(N)N4)c2)nc1. The zero-order chi connectivity index (χ0) is 22.2. The van der Waals surface area contributed by atoms with Gasteiger partial charge in [0.05, 0.1) is 29.9 Å². The minimum absolute atomic E-state index is 0.00459. The van der Waals surface area contributed by atoms with Crippen molar-refractivity contribution in [3.8, 4) is 6.07 Å². The largest absolute Gasteiger partial charge is 0.370 e. The summed E-state index contributed by atoms with van der Waals surface area (Å²) < 4.78 is 61.8. The highest BCUT2D eigenvalue weighted by molar-refractivity contribution is 5.80. The summed E-state index contributed by atoms with van der Waals surface area (Å²) in [4.78, 5) is 7.85. The number of hydrogen-bond donors (Lipinski definition) is 2. The Morgan fingerprint density at radius 2 is 2.16 bits per heavy atom. The van der Waals surface area contributed by atoms with Crippen LogP contribution in [0.2, 0.25) is 0 Å². The number of alkyl halides is 2. The van der Waals surface area contributed by atoms with Crippen LogP contribution in [-0.4, -0.2) is 36.6 Å². The minimum Gasteiger partial charge on any atom is -0.370 e. The van der Waals surface area contributed by atoms with E-state index in [4.69, 9.17) is 15.7 Å². The van der Waals surface area contributed by atoms with E-state index in [1.807, 2.05) is 6.07 Å². The first kappa shape index (κ1) is 20.8. The summed E-state index contributed by atoms with van der Waals surface area (Å²) in [5.41, 5.74) is 5.02. The molecule has 3 atom stereocenters. The second-order valence-electron chi connectivity index (χ2n) is 7.31. The summed E-state index contributed by atoms with van der Waals surface area (Å²) >= 11 is 0. The molecule has 2 aromatic rings. The summed E-state index contributed by atoms with van der Waals surface area (Å²) in [6.07, 6.45) is -1.85. The molecule has 0 bridgehead atoms. The van der Waals surface area contributed by atoms with E-state index in [2.05, 4.69) is 15.3 Å². The number of hydrogen-bond acceptors (Lipinski definition) is 6. The number of nitriles is 1. The molecule has 0 amide bonds. The number of fused-ring (bicyclic) bond motifs is 1. The van der Waals surface area contributed by atoms with Gasteiger partial charge in [-0.2, -0.15) is 5.26 Å². The van der Waals surface area contributed by atoms with Gasteiger partial charge in [0.15, 0.2) is 5.96 Å². The molecule has 3 heterocycles. The van der Waals surface area contributed by atoms with Crippen molar-refractivity contribution >= 4 is 17.9 Å². The fourth-order valence-electron chi connectivity index (χ4n) is 3.97. The second-order valence-corrected chi connectivity index (χ2v) is 7.31. The normalized spacial score (nSPS) is 25.5. The number of ether oxygens (including phenoxy) is 1. The fourth-order valence-corrected chi connectivity index (χ4v) is 3.97. The van der Waals surface area contributed by atoms with Gasteiger partial charge in [-0.15, -0.1) is 0 Å². The monoisotopic (exact) mass is 431 g/mol. The topological polar surface area (TPSA) is 96.3 Å². The van der Waals surface area contributed by atoms with Crippen LogP contribution < -0.4 is 11.1 Å². The Morgan fingerprint density at radius 3 is 2.84 bits per heavy atom. The third kappa shape index (κ3) is 3.72. The molecule has 1 aromatic heterocycles. The van der Waals surface area contributed by atoms with Gasteiger partial charge in [0, 0.05) is 17.7 Å². The lowest BCUT2D eigenvalue weighted by Crippen LogP contribution is -2.59. The van der Waals surface area contributed by atoms with Crippen molar-refractivity contribution in [3.05, 3.63) is 64.7 Å². The van der Waals surface area contributed by atoms with Gasteiger partial charge in [-0.1, -0.05) is 6.07 Å². The Bertz CT molecular complexity index is 1100. The van der Waals surface area contributed by atoms with E-state index in [1.165, 1.54) is 30.5 Å². The molecule has 0 aliphatic carbocycles. The second kappa shape index (κ2) is 8.00. The van der Waals surface area contributed by atoms with Gasteiger partial charge in [-0.25, -0.2) is 17.6 Å². The van der Waals surface area contributed by atoms with Gasteiger partial charge in [-0.05, 0) is 35.9 Å². The summed E-state index contributed by atoms with van der Waals surface area (Å²) in [6, 6.07) is 8.52. The van der Waals surface area contributed by atoms with Crippen molar-refractivity contribution in [2.75, 3.05) is 13.2 Å². The molecule has 10 heteroatoms. The maximum atomic E-state index is 14.9. The number of benzene rings is 1. The third-order valence-electron chi connectivity index (χ3n) is 5.49. The molecule has 2 aliphatic heterocycles. The summed E-state index contributed by atoms with van der Waals surface area (Å²) in [5.74, 6) is -2.25. The number of nitrogens with two attached hydrogens (primary N) is 1. The average Bonchev–Trinajstić information content (AvgIpc) is 3.14. The fraction of sp³-hybridized carbons (Fsp3) is 0.286. The van der Waals surface area contributed by atoms with E-state index in [-0.39, 0.29) is 41.5 Å². The zero-order valence-electron chi connectivity index (χ0n) is 16.0. The Hall–Kier alpha value is -3.45. The lowest BCUT2D eigenvalue weighted by molar-refractivity contribution is -0.0379. The highest BCUT2D eigenvalue weighted by Gasteiger charge is 2.56. The van der Waals surface area contributed by atoms with Gasteiger partial charge in [-0.3, -0.25) is 9.98 Å². The summed E-state index contributed by atoms with van der Waals surface area (Å²) in [5, 5.41) is 11.6. The Morgan fingerprint density at radius 1 is 1.35 bits per heavy atom. The number of aliphatic imine (C=N–C) groups is 1. The van der Waals surface area contributed by atoms with Gasteiger partial charge in [0.2, 0.25) is 0 Å². The maximum absolute atomic E-state index is 14.9. The molecule has 6 nitrogen and oxygen atoms in total. The molecule has 0 spiro atoms. The molecule has 1 saturated heterocycles. The van der Waals surface area contributed by atoms with Crippen LogP contribution in [-0.2, 0) is 10.3 Å². The van der Waals surface area contributed by atoms with Crippen LogP contribution in [0.3, 0.4) is 0 Å². The molecule has 0 saturated carbocycles. The number of nitrogens with zero attached hydrogens (tertiary/aromatic N) is 3. The number of halogens is 4. The maximum Gasteiger partial charge on any atom is 0.264 e. The van der Waals surface area contributed by atoms with Crippen LogP contribution in [0.4, 0.5) is 17.6 Å². The van der Waals surface area contributed by atoms with Crippen LogP contribution in [0.1, 0.15) is 22.4 Å². The molecule has 2 aliphatic rings. The van der Waals surface area contributed by atoms with Crippen LogP contribution in [0, 0.1) is 23.1 Å². The van der Waals surface area contributed by atoms with Crippen molar-refractivity contribution in [3.63, 3.8) is 0 Å². The highest BCUT2D eigenvalue weighted by Crippen LogP contribution is 2.44. The molecule has 3 N–H and O–H groups in total. The van der Waals surface area contributed by atoms with E-state index in [0.717, 1.165) is 12.1 Å². The smallest absolute Gasteiger partial charge is 0.264 e. The molecule has 0 radical (unpaired) electrons. The molecular formula is C21H17F4N5O. The predicted molar refractivity (Wildman–Crippen MR) is 105 cm³/mol. The summed E-state index contributed by atoms with van der Waals surface area (Å²) in [6.45, 7) is -0.302. The number of rotatable bonds is 4. The molecule has 1 fully saturated rings. The van der Waals surface area contributed by atoms with Crippen LogP contribution in [0.15, 0.2) is 41.5 Å². The van der Waals surface area contributed by atoms with Gasteiger partial charge >= 0.3 is 0 Å². The first-order valence-electron chi connectivity index (χ1n) is 9.35. The highest BCUT2D eigenvalue weighted by atomic mass is 19.3. The standard InChI is InChI=1S/C21H17F4N5O/c22-15-3-1-11(6-16(23)17-4-2-12(7-26)8-28-17)5-13(15)21-10-31-18(19(24)25)14(21)9-29-20(27)30-21/h1-6,8,14,18-19H,9-10H2,(H3,27,29,30)/b16-6-/t14-,18+,21-/m1/s1. The van der Waals surface area contributed by atoms with E-state index in [1.54, 1.807) is 0 Å². The Kier molecular flexibility index (Phi) is 5.37. The lowest BCUT2D eigenvalue weighted by Gasteiger charge is -2.39. The number of nitrogens with one attached hydrogen (secondary N) is 1. The first-order valence-corrected chi connectivity index (χ1v) is 9.35. The average molecular weight is 431 g/mol. The van der Waals surface area contributed by atoms with Gasteiger partial charge in [0.25, 0.3) is 6.43 Å². The number of pyridine rings is 1. The van der Waals surface area contributed by atoms with Crippen molar-refractivity contribution < 1.29 is 22.3 Å². The van der Waals surface area contributed by atoms with E-state index < -0.39 is 35.6 Å². The van der Waals surface area contributed by atoms with Crippen LogP contribution in [0.25, 0.3) is 11.9 Å². The minimum atomic E-state index is -2.78. The van der Waals surface area contributed by atoms with E-state index >= 15 is 0 Å². The zero-order valence-corrected chi connectivity index (χ0v) is 16.0. The number of aromatic nitrogens is 1. The van der Waals surface area contributed by atoms with Gasteiger partial charge in [0.1, 0.15) is 23.8 Å². The predicted octanol–water partition coefficient (Wildman–Crippen LogP) is 2.95. The Balaban J connectivity index is 1.73. The van der Waals surface area contributed by atoms with Crippen molar-refractivity contribution in [2.24, 2.45) is 16.6 Å². The first-order chi connectivity index (χ1) is 14.8. The summed E-state index contributed by atoms with van der Waals surface area (Å²) in [7, 11) is 0. The van der Waals surface area contributed by atoms with Crippen molar-refractivity contribution in [1.82, 2.24) is 10.3 Å². The van der Waals surface area contributed by atoms with E-state index in [0.29, 0.717) is 0 Å². The van der Waals surface area contributed by atoms with E-state index in [9.17, 15) is 17.6 Å². The van der Waals surface area contributed by atoms with Crippen LogP contribution in [0.5, 0.6) is 0 Å². The van der Waals surface area contributed by atoms with Crippen molar-refractivity contribution in [1.29, 1.82) is 5.26 Å². The van der Waals surface area contributed by atoms with Crippen molar-refractivity contribution in [2.45, 2.75) is 18.1 Å². The molecule has 4 rings (SSSR count). The van der Waals surface area contributed by atoms with Crippen LogP contribution >= 0.6 is 0 Å². The third-order valence-corrected chi connectivity index (χ3v) is 5.49. The lowest BCUT2D eigenvalue weighted by atomic mass is 9.76. The molecule has 1 aromatic carbocycles. The number of guanidine groups is 1.